The average Bonchev–Trinajstić information content (AvgIpc) is 2.91. The molecule has 122 valence electrons. The summed E-state index contributed by atoms with van der Waals surface area (Å²) in [5.41, 5.74) is 0.498. The smallest absolute Gasteiger partial charge is 0.348 e. The molecule has 0 aliphatic heterocycles. The minimum absolute atomic E-state index is 0.122. The van der Waals surface area contributed by atoms with Gasteiger partial charge in [0.25, 0.3) is 0 Å². The van der Waals surface area contributed by atoms with E-state index in [0.717, 1.165) is 30.6 Å². The molecule has 1 aliphatic rings. The first kappa shape index (κ1) is 17.4. The molecule has 0 unspecified atom stereocenters. The van der Waals surface area contributed by atoms with E-state index >= 15 is 0 Å². The van der Waals surface area contributed by atoms with E-state index in [0.29, 0.717) is 5.69 Å². The van der Waals surface area contributed by atoms with Crippen molar-refractivity contribution in [1.29, 1.82) is 0 Å². The molecule has 0 bridgehead atoms. The minimum atomic E-state index is -0.940. The van der Waals surface area contributed by atoms with Crippen molar-refractivity contribution in [1.82, 2.24) is 0 Å². The highest BCUT2D eigenvalue weighted by Crippen LogP contribution is 2.34. The van der Waals surface area contributed by atoms with Gasteiger partial charge in [0.1, 0.15) is 4.88 Å². The summed E-state index contributed by atoms with van der Waals surface area (Å²) in [5, 5.41) is 9.52. The number of hydrogen-bond acceptors (Lipinski definition) is 3. The molecule has 4 heteroatoms. The minimum Gasteiger partial charge on any atom is -0.477 e. The van der Waals surface area contributed by atoms with Crippen LogP contribution in [0.5, 0.6) is 0 Å². The molecule has 0 saturated heterocycles. The molecule has 0 spiro atoms. The Morgan fingerprint density at radius 2 is 2.00 bits per heavy atom. The fraction of sp³-hybridized carbons (Fsp3) is 0.526. The van der Waals surface area contributed by atoms with Gasteiger partial charge in [-0.15, -0.1) is 11.3 Å². The Kier molecular flexibility index (Phi) is 5.39. The Bertz CT molecular complexity index is 673. The zero-order chi connectivity index (χ0) is 17.0. The summed E-state index contributed by atoms with van der Waals surface area (Å²) >= 11 is 1.21. The van der Waals surface area contributed by atoms with Crippen molar-refractivity contribution in [2.45, 2.75) is 58.9 Å². The molecular formula is C19H23NO2S. The summed E-state index contributed by atoms with van der Waals surface area (Å²) in [6.45, 7) is 6.09. The predicted octanol–water partition coefficient (Wildman–Crippen LogP) is 4.57. The summed E-state index contributed by atoms with van der Waals surface area (Å²) in [4.78, 5) is 14.5. The van der Waals surface area contributed by atoms with Crippen LogP contribution < -0.4 is 4.90 Å². The number of hydrogen-bond donors (Lipinski definition) is 1. The van der Waals surface area contributed by atoms with Gasteiger partial charge in [0.2, 0.25) is 0 Å². The third-order valence-corrected chi connectivity index (χ3v) is 4.83. The Hall–Kier alpha value is -1.91. The lowest BCUT2D eigenvalue weighted by Crippen LogP contribution is -2.33. The molecule has 1 fully saturated rings. The first-order valence-corrected chi connectivity index (χ1v) is 8.79. The highest BCUT2D eigenvalue weighted by atomic mass is 32.1. The van der Waals surface area contributed by atoms with Gasteiger partial charge in [0.15, 0.2) is 0 Å². The van der Waals surface area contributed by atoms with Crippen LogP contribution in [-0.4, -0.2) is 17.1 Å². The number of nitrogens with zero attached hydrogens (tertiary/aromatic N) is 1. The molecule has 0 atom stereocenters. The standard InChI is InChI=1S/C19H23NO2S/c1-5-20(14-9-7-6-8-10-14)16-13-15(11-12-19(2,3)4)23-17(16)18(21)22/h1,13-14H,6-10H2,2-4H3,(H,21,22). The van der Waals surface area contributed by atoms with Gasteiger partial charge in [0.05, 0.1) is 10.6 Å². The number of carboxylic acid groups (broad SMARTS) is 1. The van der Waals surface area contributed by atoms with E-state index in [1.54, 1.807) is 4.90 Å². The Morgan fingerprint density at radius 1 is 1.35 bits per heavy atom. The van der Waals surface area contributed by atoms with Crippen LogP contribution in [0.1, 0.15) is 67.4 Å². The number of rotatable bonds is 3. The normalized spacial score (nSPS) is 15.4. The second-order valence-corrected chi connectivity index (χ2v) is 7.97. The third-order valence-electron chi connectivity index (χ3n) is 3.81. The number of terminal acetylenes is 1. The zero-order valence-electron chi connectivity index (χ0n) is 14.0. The van der Waals surface area contributed by atoms with Crippen molar-refractivity contribution < 1.29 is 9.90 Å². The van der Waals surface area contributed by atoms with Gasteiger partial charge in [-0.05, 0) is 39.7 Å². The molecule has 1 heterocycles. The van der Waals surface area contributed by atoms with Gasteiger partial charge in [-0.3, -0.25) is 4.90 Å². The van der Waals surface area contributed by atoms with Crippen molar-refractivity contribution in [2.75, 3.05) is 4.90 Å². The molecule has 1 aliphatic carbocycles. The number of aromatic carboxylic acids is 1. The van der Waals surface area contributed by atoms with Crippen LogP contribution in [0.3, 0.4) is 0 Å². The first-order chi connectivity index (χ1) is 10.8. The molecule has 0 aromatic carbocycles. The molecule has 1 saturated carbocycles. The van der Waals surface area contributed by atoms with Crippen LogP contribution in [0.2, 0.25) is 0 Å². The van der Waals surface area contributed by atoms with Gasteiger partial charge in [-0.25, -0.2) is 4.79 Å². The van der Waals surface area contributed by atoms with Crippen LogP contribution in [0.25, 0.3) is 0 Å². The molecule has 23 heavy (non-hydrogen) atoms. The maximum atomic E-state index is 11.6. The lowest BCUT2D eigenvalue weighted by atomic mass is 9.94. The van der Waals surface area contributed by atoms with Gasteiger partial charge < -0.3 is 5.11 Å². The number of carboxylic acids is 1. The van der Waals surface area contributed by atoms with Crippen molar-refractivity contribution in [3.05, 3.63) is 15.8 Å². The molecule has 0 amide bonds. The zero-order valence-corrected chi connectivity index (χ0v) is 14.8. The maximum absolute atomic E-state index is 11.6. The summed E-state index contributed by atoms with van der Waals surface area (Å²) in [6.07, 6.45) is 11.3. The largest absolute Gasteiger partial charge is 0.477 e. The van der Waals surface area contributed by atoms with Crippen LogP contribution >= 0.6 is 11.3 Å². The van der Waals surface area contributed by atoms with Crippen molar-refractivity contribution in [2.24, 2.45) is 5.41 Å². The highest BCUT2D eigenvalue weighted by molar-refractivity contribution is 7.15. The summed E-state index contributed by atoms with van der Waals surface area (Å²) in [6, 6.07) is 4.76. The van der Waals surface area contributed by atoms with Crippen molar-refractivity contribution >= 4 is 23.0 Å². The third kappa shape index (κ3) is 4.53. The number of thiophene rings is 1. The predicted molar refractivity (Wildman–Crippen MR) is 95.8 cm³/mol. The Labute approximate surface area is 142 Å². The van der Waals surface area contributed by atoms with Gasteiger partial charge in [0, 0.05) is 17.5 Å². The van der Waals surface area contributed by atoms with E-state index in [1.807, 2.05) is 26.8 Å². The van der Waals surface area contributed by atoms with Crippen molar-refractivity contribution in [3.8, 4) is 24.3 Å². The molecule has 1 aromatic rings. The van der Waals surface area contributed by atoms with Gasteiger partial charge in [-0.2, -0.15) is 0 Å². The molecule has 1 aromatic heterocycles. The van der Waals surface area contributed by atoms with Gasteiger partial charge >= 0.3 is 5.97 Å². The quantitative estimate of drug-likeness (QED) is 0.652. The Balaban J connectivity index is 2.38. The topological polar surface area (TPSA) is 40.5 Å². The van der Waals surface area contributed by atoms with E-state index < -0.39 is 5.97 Å². The highest BCUT2D eigenvalue weighted by Gasteiger charge is 2.26. The second kappa shape index (κ2) is 7.11. The van der Waals surface area contributed by atoms with Crippen LogP contribution in [-0.2, 0) is 0 Å². The van der Waals surface area contributed by atoms with E-state index in [9.17, 15) is 9.90 Å². The molecule has 0 radical (unpaired) electrons. The van der Waals surface area contributed by atoms with E-state index in [4.69, 9.17) is 6.42 Å². The second-order valence-electron chi connectivity index (χ2n) is 6.92. The summed E-state index contributed by atoms with van der Waals surface area (Å²) in [7, 11) is 0. The first-order valence-electron chi connectivity index (χ1n) is 7.97. The summed E-state index contributed by atoms with van der Waals surface area (Å²) in [5.74, 6) is 5.30. The van der Waals surface area contributed by atoms with E-state index in [-0.39, 0.29) is 16.3 Å². The SMILES string of the molecule is C#CN(c1cc(C#CC(C)(C)C)sc1C(=O)O)C1CCCCC1. The van der Waals surface area contributed by atoms with Crippen LogP contribution in [0, 0.1) is 29.7 Å². The number of carbonyl (C=O) groups is 1. The van der Waals surface area contributed by atoms with Gasteiger partial charge in [-0.1, -0.05) is 37.5 Å². The summed E-state index contributed by atoms with van der Waals surface area (Å²) < 4.78 is 0. The molecular weight excluding hydrogens is 306 g/mol. The fourth-order valence-corrected chi connectivity index (χ4v) is 3.58. The maximum Gasteiger partial charge on any atom is 0.348 e. The fourth-order valence-electron chi connectivity index (χ4n) is 2.74. The molecule has 3 nitrogen and oxygen atoms in total. The van der Waals surface area contributed by atoms with Crippen molar-refractivity contribution in [3.63, 3.8) is 0 Å². The molecule has 2 rings (SSSR count). The van der Waals surface area contributed by atoms with Crippen LogP contribution in [0.15, 0.2) is 6.07 Å². The number of anilines is 1. The monoisotopic (exact) mass is 329 g/mol. The Morgan fingerprint density at radius 3 is 2.52 bits per heavy atom. The molecule has 1 N–H and O–H groups in total. The average molecular weight is 329 g/mol. The van der Waals surface area contributed by atoms with E-state index in [1.165, 1.54) is 17.8 Å². The lowest BCUT2D eigenvalue weighted by molar-refractivity contribution is 0.0703. The van der Waals surface area contributed by atoms with Crippen LogP contribution in [0.4, 0.5) is 5.69 Å². The lowest BCUT2D eigenvalue weighted by Gasteiger charge is -2.31. The van der Waals surface area contributed by atoms with E-state index in [2.05, 4.69) is 17.9 Å².